The number of carbonyl (C=O) groups is 1. The number of carbonyl (C=O) groups excluding carboxylic acids is 1. The van der Waals surface area contributed by atoms with Crippen LogP contribution in [0.25, 0.3) is 0 Å². The van der Waals surface area contributed by atoms with Crippen LogP contribution >= 0.6 is 15.9 Å². The van der Waals surface area contributed by atoms with Crippen LogP contribution in [0.1, 0.15) is 29.6 Å². The van der Waals surface area contributed by atoms with E-state index in [2.05, 4.69) is 21.2 Å². The summed E-state index contributed by atoms with van der Waals surface area (Å²) in [6, 6.07) is 4.83. The Balaban J connectivity index is 2.32. The molecular formula is C13H18BrNO3. The molecule has 1 aromatic rings. The van der Waals surface area contributed by atoms with Crippen LogP contribution in [0.5, 0.6) is 5.75 Å². The standard InChI is InChI=1S/C13H18BrNO3/c1-18-8-4-2-3-7-15-13(17)11-6-5-10(14)9-12(11)16/h5-6,9,16H,2-4,7-8H2,1H3,(H,15,17). The number of aromatic hydroxyl groups is 1. The van der Waals surface area contributed by atoms with Crippen LogP contribution in [0.2, 0.25) is 0 Å². The van der Waals surface area contributed by atoms with Gasteiger partial charge in [-0.1, -0.05) is 15.9 Å². The summed E-state index contributed by atoms with van der Waals surface area (Å²) >= 11 is 3.23. The predicted octanol–water partition coefficient (Wildman–Crippen LogP) is 2.70. The highest BCUT2D eigenvalue weighted by atomic mass is 79.9. The lowest BCUT2D eigenvalue weighted by Gasteiger charge is -2.07. The summed E-state index contributed by atoms with van der Waals surface area (Å²) in [5, 5.41) is 12.4. The Morgan fingerprint density at radius 1 is 1.39 bits per heavy atom. The van der Waals surface area contributed by atoms with E-state index in [0.29, 0.717) is 12.1 Å². The molecule has 4 nitrogen and oxygen atoms in total. The second-order valence-electron chi connectivity index (χ2n) is 3.97. The molecule has 0 atom stereocenters. The highest BCUT2D eigenvalue weighted by molar-refractivity contribution is 9.10. The minimum absolute atomic E-state index is 0.0127. The molecule has 0 saturated carbocycles. The number of unbranched alkanes of at least 4 members (excludes halogenated alkanes) is 2. The second-order valence-corrected chi connectivity index (χ2v) is 4.89. The van der Waals surface area contributed by atoms with Crippen LogP contribution < -0.4 is 5.32 Å². The van der Waals surface area contributed by atoms with Crippen LogP contribution in [0, 0.1) is 0 Å². The van der Waals surface area contributed by atoms with Crippen LogP contribution in [0.4, 0.5) is 0 Å². The normalized spacial score (nSPS) is 10.3. The fraction of sp³-hybridized carbons (Fsp3) is 0.462. The largest absolute Gasteiger partial charge is 0.507 e. The summed E-state index contributed by atoms with van der Waals surface area (Å²) in [5.74, 6) is -0.256. The summed E-state index contributed by atoms with van der Waals surface area (Å²) in [7, 11) is 1.68. The van der Waals surface area contributed by atoms with Crippen molar-refractivity contribution in [3.05, 3.63) is 28.2 Å². The van der Waals surface area contributed by atoms with E-state index >= 15 is 0 Å². The Morgan fingerprint density at radius 3 is 2.83 bits per heavy atom. The highest BCUT2D eigenvalue weighted by Crippen LogP contribution is 2.21. The lowest BCUT2D eigenvalue weighted by atomic mass is 10.2. The molecule has 0 unspecified atom stereocenters. The number of benzene rings is 1. The first-order valence-electron chi connectivity index (χ1n) is 5.91. The number of ether oxygens (including phenoxy) is 1. The van der Waals surface area contributed by atoms with Crippen LogP contribution in [-0.2, 0) is 4.74 Å². The molecule has 1 aromatic carbocycles. The van der Waals surface area contributed by atoms with Gasteiger partial charge < -0.3 is 15.2 Å². The minimum atomic E-state index is -0.244. The molecule has 0 aromatic heterocycles. The molecule has 18 heavy (non-hydrogen) atoms. The second kappa shape index (κ2) is 8.11. The Morgan fingerprint density at radius 2 is 2.17 bits per heavy atom. The maximum Gasteiger partial charge on any atom is 0.255 e. The SMILES string of the molecule is COCCCCCNC(=O)c1ccc(Br)cc1O. The van der Waals surface area contributed by atoms with Crippen molar-refractivity contribution >= 4 is 21.8 Å². The first kappa shape index (κ1) is 15.0. The molecule has 0 aliphatic rings. The Bertz CT molecular complexity index is 396. The zero-order chi connectivity index (χ0) is 13.4. The smallest absolute Gasteiger partial charge is 0.255 e. The maximum atomic E-state index is 11.8. The number of hydrogen-bond donors (Lipinski definition) is 2. The van der Waals surface area contributed by atoms with Crippen molar-refractivity contribution in [1.82, 2.24) is 5.32 Å². The summed E-state index contributed by atoms with van der Waals surface area (Å²) in [6.07, 6.45) is 2.92. The predicted molar refractivity (Wildman–Crippen MR) is 73.9 cm³/mol. The van der Waals surface area contributed by atoms with E-state index in [-0.39, 0.29) is 11.7 Å². The third-order valence-electron chi connectivity index (χ3n) is 2.52. The van der Waals surface area contributed by atoms with E-state index in [1.807, 2.05) is 0 Å². The molecule has 0 spiro atoms. The Hall–Kier alpha value is -1.07. The van der Waals surface area contributed by atoms with Crippen LogP contribution in [0.3, 0.4) is 0 Å². The first-order chi connectivity index (χ1) is 8.65. The zero-order valence-electron chi connectivity index (χ0n) is 10.4. The van der Waals surface area contributed by atoms with Gasteiger partial charge in [0.05, 0.1) is 5.56 Å². The van der Waals surface area contributed by atoms with E-state index in [9.17, 15) is 9.90 Å². The number of methoxy groups -OCH3 is 1. The van der Waals surface area contributed by atoms with E-state index in [1.165, 1.54) is 6.07 Å². The Kier molecular flexibility index (Phi) is 6.75. The fourth-order valence-corrected chi connectivity index (χ4v) is 1.89. The minimum Gasteiger partial charge on any atom is -0.507 e. The van der Waals surface area contributed by atoms with Crippen molar-refractivity contribution in [2.45, 2.75) is 19.3 Å². The van der Waals surface area contributed by atoms with Gasteiger partial charge in [-0.05, 0) is 37.5 Å². The van der Waals surface area contributed by atoms with Gasteiger partial charge in [0.15, 0.2) is 0 Å². The molecule has 1 amide bonds. The van der Waals surface area contributed by atoms with Gasteiger partial charge in [0.25, 0.3) is 5.91 Å². The van der Waals surface area contributed by atoms with Crippen molar-refractivity contribution in [1.29, 1.82) is 0 Å². The molecule has 0 radical (unpaired) electrons. The van der Waals surface area contributed by atoms with Gasteiger partial charge in [-0.25, -0.2) is 0 Å². The molecule has 2 N–H and O–H groups in total. The molecule has 5 heteroatoms. The fourth-order valence-electron chi connectivity index (χ4n) is 1.54. The van der Waals surface area contributed by atoms with E-state index in [4.69, 9.17) is 4.74 Å². The van der Waals surface area contributed by atoms with Crippen molar-refractivity contribution in [3.8, 4) is 5.75 Å². The molecule has 0 aliphatic carbocycles. The number of amides is 1. The highest BCUT2D eigenvalue weighted by Gasteiger charge is 2.10. The van der Waals surface area contributed by atoms with Gasteiger partial charge in [-0.3, -0.25) is 4.79 Å². The van der Waals surface area contributed by atoms with Crippen molar-refractivity contribution in [2.24, 2.45) is 0 Å². The molecule has 0 heterocycles. The number of nitrogens with one attached hydrogen (secondary N) is 1. The van der Waals surface area contributed by atoms with Gasteiger partial charge in [-0.15, -0.1) is 0 Å². The third-order valence-corrected chi connectivity index (χ3v) is 3.01. The van der Waals surface area contributed by atoms with Gasteiger partial charge >= 0.3 is 0 Å². The quantitative estimate of drug-likeness (QED) is 0.761. The van der Waals surface area contributed by atoms with E-state index < -0.39 is 0 Å². The number of phenolic OH excluding ortho intramolecular Hbond substituents is 1. The van der Waals surface area contributed by atoms with E-state index in [1.54, 1.807) is 19.2 Å². The molecule has 100 valence electrons. The lowest BCUT2D eigenvalue weighted by Crippen LogP contribution is -2.24. The van der Waals surface area contributed by atoms with Crippen LogP contribution in [-0.4, -0.2) is 31.3 Å². The average Bonchev–Trinajstić information content (AvgIpc) is 2.33. The number of rotatable bonds is 7. The average molecular weight is 316 g/mol. The third kappa shape index (κ3) is 5.06. The van der Waals surface area contributed by atoms with Gasteiger partial charge in [-0.2, -0.15) is 0 Å². The molecule has 0 saturated heterocycles. The zero-order valence-corrected chi connectivity index (χ0v) is 12.0. The topological polar surface area (TPSA) is 58.6 Å². The molecule has 0 aliphatic heterocycles. The lowest BCUT2D eigenvalue weighted by molar-refractivity contribution is 0.0950. The number of halogens is 1. The van der Waals surface area contributed by atoms with Crippen molar-refractivity contribution in [3.63, 3.8) is 0 Å². The van der Waals surface area contributed by atoms with Gasteiger partial charge in [0, 0.05) is 24.7 Å². The van der Waals surface area contributed by atoms with E-state index in [0.717, 1.165) is 30.3 Å². The molecule has 0 fully saturated rings. The first-order valence-corrected chi connectivity index (χ1v) is 6.70. The number of phenols is 1. The monoisotopic (exact) mass is 315 g/mol. The number of hydrogen-bond acceptors (Lipinski definition) is 3. The molecular weight excluding hydrogens is 298 g/mol. The Labute approximate surface area is 115 Å². The summed E-state index contributed by atoms with van der Waals surface area (Å²) in [6.45, 7) is 1.36. The molecule has 1 rings (SSSR count). The summed E-state index contributed by atoms with van der Waals surface area (Å²) in [4.78, 5) is 11.8. The van der Waals surface area contributed by atoms with Crippen molar-refractivity contribution < 1.29 is 14.6 Å². The van der Waals surface area contributed by atoms with Gasteiger partial charge in [0.1, 0.15) is 5.75 Å². The van der Waals surface area contributed by atoms with Gasteiger partial charge in [0.2, 0.25) is 0 Å². The summed E-state index contributed by atoms with van der Waals surface area (Å²) < 4.78 is 5.69. The summed E-state index contributed by atoms with van der Waals surface area (Å²) in [5.41, 5.74) is 0.301. The maximum absolute atomic E-state index is 11.8. The molecule has 0 bridgehead atoms. The van der Waals surface area contributed by atoms with Crippen LogP contribution in [0.15, 0.2) is 22.7 Å². The van der Waals surface area contributed by atoms with Crippen molar-refractivity contribution in [2.75, 3.05) is 20.3 Å².